The van der Waals surface area contributed by atoms with Crippen LogP contribution in [0.15, 0.2) is 60.9 Å². The van der Waals surface area contributed by atoms with Gasteiger partial charge in [0.2, 0.25) is 0 Å². The van der Waals surface area contributed by atoms with Crippen LogP contribution in [0.25, 0.3) is 16.9 Å². The maximum absolute atomic E-state index is 14.2. The number of carboxylic acid groups (broad SMARTS) is 1. The number of para-hydroxylation sites is 1. The molecule has 0 radical (unpaired) electrons. The van der Waals surface area contributed by atoms with Gasteiger partial charge in [0.15, 0.2) is 11.6 Å². The molecule has 5 rings (SSSR count). The van der Waals surface area contributed by atoms with Crippen LogP contribution in [0.3, 0.4) is 0 Å². The number of rotatable bonds is 10. The molecular formula is C30H33F2N7O3. The molecule has 3 heterocycles. The summed E-state index contributed by atoms with van der Waals surface area (Å²) in [5.41, 5.74) is 3.58. The molecule has 0 saturated carbocycles. The van der Waals surface area contributed by atoms with Crippen LogP contribution in [-0.2, 0) is 11.8 Å². The second kappa shape index (κ2) is 12.5. The van der Waals surface area contributed by atoms with Gasteiger partial charge in [-0.15, -0.1) is 0 Å². The van der Waals surface area contributed by atoms with E-state index in [0.717, 1.165) is 22.9 Å². The Morgan fingerprint density at radius 2 is 1.86 bits per heavy atom. The van der Waals surface area contributed by atoms with Crippen LogP contribution >= 0.6 is 0 Å². The number of likely N-dealkylation sites (tertiary alicyclic amines) is 1. The van der Waals surface area contributed by atoms with Gasteiger partial charge < -0.3 is 15.3 Å². The van der Waals surface area contributed by atoms with E-state index in [0.29, 0.717) is 49.6 Å². The van der Waals surface area contributed by atoms with Crippen molar-refractivity contribution in [2.75, 3.05) is 25.0 Å². The van der Waals surface area contributed by atoms with Crippen molar-refractivity contribution < 1.29 is 23.5 Å². The van der Waals surface area contributed by atoms with Crippen molar-refractivity contribution in [3.63, 3.8) is 0 Å². The second-order valence-corrected chi connectivity index (χ2v) is 10.6. The van der Waals surface area contributed by atoms with Crippen LogP contribution < -0.4 is 10.6 Å². The Labute approximate surface area is 241 Å². The predicted molar refractivity (Wildman–Crippen MR) is 153 cm³/mol. The van der Waals surface area contributed by atoms with E-state index in [-0.39, 0.29) is 12.3 Å². The minimum atomic E-state index is -0.944. The van der Waals surface area contributed by atoms with Crippen molar-refractivity contribution in [3.8, 4) is 16.9 Å². The molecule has 2 amide bonds. The fraction of sp³-hybridized carbons (Fsp3) is 0.333. The Morgan fingerprint density at radius 1 is 1.07 bits per heavy atom. The van der Waals surface area contributed by atoms with Crippen LogP contribution in [0.4, 0.5) is 19.4 Å². The zero-order valence-corrected chi connectivity index (χ0v) is 23.4. The molecule has 0 unspecified atom stereocenters. The fourth-order valence-corrected chi connectivity index (χ4v) is 5.44. The average Bonchev–Trinajstić information content (AvgIpc) is 3.66. The van der Waals surface area contributed by atoms with Gasteiger partial charge in [-0.1, -0.05) is 24.3 Å². The molecular weight excluding hydrogens is 544 g/mol. The number of aliphatic carboxylic acids is 1. The number of nitrogens with one attached hydrogen (secondary N) is 2. The van der Waals surface area contributed by atoms with Gasteiger partial charge in [-0.05, 0) is 56.1 Å². The highest BCUT2D eigenvalue weighted by atomic mass is 19.2. The first kappa shape index (κ1) is 28.9. The van der Waals surface area contributed by atoms with Crippen LogP contribution in [-0.4, -0.2) is 67.2 Å². The van der Waals surface area contributed by atoms with Crippen LogP contribution in [0.1, 0.15) is 36.3 Å². The molecule has 1 fully saturated rings. The molecule has 1 saturated heterocycles. The summed E-state index contributed by atoms with van der Waals surface area (Å²) in [6.45, 7) is 3.49. The Bertz CT molecular complexity index is 1570. The number of hydrogen-bond acceptors (Lipinski definition) is 5. The standard InChI is InChI=1S/C30H33F2N7O3/c1-19-28(21-15-33-37(2)16-21)36-39(22-8-4-3-5-9-22)29(19)35-30(42)34-26-18-38(13-7-6-10-27(40)41)17-23(26)20-11-12-24(31)25(32)14-20/h3-5,8-9,11-12,14-16,23,26H,6-7,10,13,17-18H2,1-2H3,(H,40,41)(H2,34,35,42)/t23-,26+/m0/s1. The molecule has 220 valence electrons. The van der Waals surface area contributed by atoms with E-state index < -0.39 is 29.7 Å². The molecule has 10 nitrogen and oxygen atoms in total. The number of anilines is 1. The Balaban J connectivity index is 1.38. The predicted octanol–water partition coefficient (Wildman–Crippen LogP) is 4.70. The van der Waals surface area contributed by atoms with E-state index in [4.69, 9.17) is 10.2 Å². The van der Waals surface area contributed by atoms with Gasteiger partial charge in [0.1, 0.15) is 11.5 Å². The van der Waals surface area contributed by atoms with Crippen molar-refractivity contribution in [2.45, 2.75) is 38.1 Å². The third kappa shape index (κ3) is 6.49. The van der Waals surface area contributed by atoms with Crippen molar-refractivity contribution in [1.82, 2.24) is 29.8 Å². The van der Waals surface area contributed by atoms with E-state index in [1.165, 1.54) is 6.07 Å². The molecule has 4 aromatic rings. The molecule has 12 heteroatoms. The van der Waals surface area contributed by atoms with Gasteiger partial charge in [-0.2, -0.15) is 10.2 Å². The number of carbonyl (C=O) groups is 2. The number of aromatic nitrogens is 4. The second-order valence-electron chi connectivity index (χ2n) is 10.6. The van der Waals surface area contributed by atoms with Crippen LogP contribution in [0.5, 0.6) is 0 Å². The Hall–Kier alpha value is -4.58. The zero-order chi connectivity index (χ0) is 29.8. The first-order valence-electron chi connectivity index (χ1n) is 13.8. The van der Waals surface area contributed by atoms with Crippen molar-refractivity contribution in [3.05, 3.63) is 83.7 Å². The highest BCUT2D eigenvalue weighted by Gasteiger charge is 2.35. The monoisotopic (exact) mass is 577 g/mol. The van der Waals surface area contributed by atoms with Gasteiger partial charge in [0.25, 0.3) is 0 Å². The number of amides is 2. The summed E-state index contributed by atoms with van der Waals surface area (Å²) in [5, 5.41) is 24.0. The molecule has 2 aromatic heterocycles. The molecule has 1 aliphatic heterocycles. The molecule has 2 aromatic carbocycles. The SMILES string of the molecule is Cc1c(-c2cnn(C)c2)nn(-c2ccccc2)c1NC(=O)N[C@@H]1CN(CCCCC(=O)O)C[C@H]1c1ccc(F)c(F)c1. The maximum atomic E-state index is 14.2. The lowest BCUT2D eigenvalue weighted by atomic mass is 9.94. The lowest BCUT2D eigenvalue weighted by Gasteiger charge is -2.21. The van der Waals surface area contributed by atoms with E-state index in [1.54, 1.807) is 21.6 Å². The normalized spacial score (nSPS) is 17.0. The summed E-state index contributed by atoms with van der Waals surface area (Å²) >= 11 is 0. The molecule has 0 aliphatic carbocycles. The van der Waals surface area contributed by atoms with Gasteiger partial charge in [-0.25, -0.2) is 18.3 Å². The number of nitrogens with zero attached hydrogens (tertiary/aromatic N) is 5. The molecule has 42 heavy (non-hydrogen) atoms. The topological polar surface area (TPSA) is 117 Å². The first-order valence-corrected chi connectivity index (χ1v) is 13.8. The van der Waals surface area contributed by atoms with Gasteiger partial charge in [-0.3, -0.25) is 14.8 Å². The maximum Gasteiger partial charge on any atom is 0.320 e. The summed E-state index contributed by atoms with van der Waals surface area (Å²) in [7, 11) is 1.82. The molecule has 3 N–H and O–H groups in total. The highest BCUT2D eigenvalue weighted by Crippen LogP contribution is 2.32. The van der Waals surface area contributed by atoms with Gasteiger partial charge in [0.05, 0.1) is 17.9 Å². The summed E-state index contributed by atoms with van der Waals surface area (Å²) in [4.78, 5) is 26.5. The summed E-state index contributed by atoms with van der Waals surface area (Å²) in [5.74, 6) is -2.52. The third-order valence-corrected chi connectivity index (χ3v) is 7.53. The molecule has 2 atom stereocenters. The number of carboxylic acids is 1. The minimum Gasteiger partial charge on any atom is -0.481 e. The molecule has 0 spiro atoms. The Morgan fingerprint density at radius 3 is 2.55 bits per heavy atom. The summed E-state index contributed by atoms with van der Waals surface area (Å²) in [6, 6.07) is 12.4. The highest BCUT2D eigenvalue weighted by molar-refractivity contribution is 5.91. The Kier molecular flexibility index (Phi) is 8.62. The third-order valence-electron chi connectivity index (χ3n) is 7.53. The van der Waals surface area contributed by atoms with Crippen molar-refractivity contribution >= 4 is 17.8 Å². The number of aryl methyl sites for hydroxylation is 1. The summed E-state index contributed by atoms with van der Waals surface area (Å²) < 4.78 is 31.2. The first-order chi connectivity index (χ1) is 20.2. The number of benzene rings is 2. The van der Waals surface area contributed by atoms with Gasteiger partial charge in [0, 0.05) is 49.8 Å². The van der Waals surface area contributed by atoms with E-state index in [2.05, 4.69) is 20.6 Å². The van der Waals surface area contributed by atoms with Crippen LogP contribution in [0.2, 0.25) is 0 Å². The number of unbranched alkanes of at least 4 members (excludes halogenated alkanes) is 1. The van der Waals surface area contributed by atoms with Crippen LogP contribution in [0, 0.1) is 18.6 Å². The smallest absolute Gasteiger partial charge is 0.320 e. The van der Waals surface area contributed by atoms with Gasteiger partial charge >= 0.3 is 12.0 Å². The van der Waals surface area contributed by atoms with E-state index >= 15 is 0 Å². The van der Waals surface area contributed by atoms with Crippen molar-refractivity contribution in [1.29, 1.82) is 0 Å². The number of urea groups is 1. The fourth-order valence-electron chi connectivity index (χ4n) is 5.44. The number of hydrogen-bond donors (Lipinski definition) is 3. The zero-order valence-electron chi connectivity index (χ0n) is 23.4. The average molecular weight is 578 g/mol. The lowest BCUT2D eigenvalue weighted by Crippen LogP contribution is -2.42. The number of halogens is 2. The summed E-state index contributed by atoms with van der Waals surface area (Å²) in [6.07, 6.45) is 4.85. The quantitative estimate of drug-likeness (QED) is 0.235. The largest absolute Gasteiger partial charge is 0.481 e. The van der Waals surface area contributed by atoms with Crippen molar-refractivity contribution in [2.24, 2.45) is 7.05 Å². The number of carbonyl (C=O) groups excluding carboxylic acids is 1. The molecule has 0 bridgehead atoms. The minimum absolute atomic E-state index is 0.0833. The molecule has 1 aliphatic rings. The van der Waals surface area contributed by atoms with E-state index in [9.17, 15) is 18.4 Å². The lowest BCUT2D eigenvalue weighted by molar-refractivity contribution is -0.137. The van der Waals surface area contributed by atoms with E-state index in [1.807, 2.05) is 50.5 Å².